The highest BCUT2D eigenvalue weighted by atomic mass is 16.6. The van der Waals surface area contributed by atoms with Gasteiger partial charge >= 0.3 is 6.01 Å². The number of ether oxygens (including phenoxy) is 1. The molecular formula is C15H11N3O5. The fourth-order valence-corrected chi connectivity index (χ4v) is 2.02. The summed E-state index contributed by atoms with van der Waals surface area (Å²) in [6, 6.07) is 10.6. The minimum absolute atomic E-state index is 0.0340. The van der Waals surface area contributed by atoms with Gasteiger partial charge in [0.15, 0.2) is 5.58 Å². The van der Waals surface area contributed by atoms with E-state index in [-0.39, 0.29) is 11.7 Å². The fraction of sp³-hybridized carbons (Fsp3) is 0.0667. The van der Waals surface area contributed by atoms with Crippen molar-refractivity contribution in [1.29, 1.82) is 0 Å². The van der Waals surface area contributed by atoms with Gasteiger partial charge in [0, 0.05) is 17.7 Å². The van der Waals surface area contributed by atoms with E-state index in [0.717, 1.165) is 0 Å². The van der Waals surface area contributed by atoms with E-state index in [2.05, 4.69) is 10.3 Å². The van der Waals surface area contributed by atoms with Gasteiger partial charge in [0.2, 0.25) is 0 Å². The number of carbonyl (C=O) groups excluding carboxylic acids is 1. The van der Waals surface area contributed by atoms with E-state index < -0.39 is 10.8 Å². The molecule has 8 heteroatoms. The maximum atomic E-state index is 12.2. The molecule has 0 aliphatic heterocycles. The summed E-state index contributed by atoms with van der Waals surface area (Å²) in [5.74, 6) is 0.121. The van der Waals surface area contributed by atoms with Crippen molar-refractivity contribution in [2.24, 2.45) is 0 Å². The van der Waals surface area contributed by atoms with Crippen molar-refractivity contribution in [2.75, 3.05) is 12.4 Å². The molecular weight excluding hydrogens is 302 g/mol. The van der Waals surface area contributed by atoms with Gasteiger partial charge in [0.1, 0.15) is 11.3 Å². The van der Waals surface area contributed by atoms with Crippen molar-refractivity contribution in [3.05, 3.63) is 58.1 Å². The quantitative estimate of drug-likeness (QED) is 0.586. The minimum atomic E-state index is -0.525. The second-order valence-electron chi connectivity index (χ2n) is 4.61. The maximum Gasteiger partial charge on any atom is 0.302 e. The molecule has 8 nitrogen and oxygen atoms in total. The zero-order valence-corrected chi connectivity index (χ0v) is 12.0. The third-order valence-electron chi connectivity index (χ3n) is 3.13. The van der Waals surface area contributed by atoms with Gasteiger partial charge in [-0.25, -0.2) is 0 Å². The number of methoxy groups -OCH3 is 1. The van der Waals surface area contributed by atoms with Crippen molar-refractivity contribution in [2.45, 2.75) is 0 Å². The number of nitrogens with one attached hydrogen (secondary N) is 1. The summed E-state index contributed by atoms with van der Waals surface area (Å²) in [4.78, 5) is 26.4. The van der Waals surface area contributed by atoms with Crippen LogP contribution >= 0.6 is 0 Å². The molecule has 116 valence electrons. The zero-order valence-electron chi connectivity index (χ0n) is 12.0. The van der Waals surface area contributed by atoms with Crippen LogP contribution in [0.2, 0.25) is 0 Å². The summed E-state index contributed by atoms with van der Waals surface area (Å²) in [6.07, 6.45) is 0. The maximum absolute atomic E-state index is 12.2. The molecule has 0 aliphatic carbocycles. The summed E-state index contributed by atoms with van der Waals surface area (Å²) < 4.78 is 10.4. The van der Waals surface area contributed by atoms with Crippen molar-refractivity contribution >= 4 is 28.7 Å². The van der Waals surface area contributed by atoms with Crippen LogP contribution in [-0.4, -0.2) is 22.9 Å². The Morgan fingerprint density at radius 3 is 2.87 bits per heavy atom. The largest absolute Gasteiger partial charge is 0.497 e. The highest BCUT2D eigenvalue weighted by Gasteiger charge is 2.14. The van der Waals surface area contributed by atoms with Crippen molar-refractivity contribution in [3.8, 4) is 5.75 Å². The second-order valence-corrected chi connectivity index (χ2v) is 4.61. The summed E-state index contributed by atoms with van der Waals surface area (Å²) in [5, 5.41) is 13.2. The van der Waals surface area contributed by atoms with Gasteiger partial charge in [-0.3, -0.25) is 20.2 Å². The lowest BCUT2D eigenvalue weighted by molar-refractivity contribution is -0.384. The van der Waals surface area contributed by atoms with Crippen LogP contribution in [-0.2, 0) is 0 Å². The number of nitro benzene ring substituents is 1. The average molecular weight is 313 g/mol. The predicted octanol–water partition coefficient (Wildman–Crippen LogP) is 3.00. The lowest BCUT2D eigenvalue weighted by Gasteiger charge is -2.03. The first-order chi connectivity index (χ1) is 11.1. The molecule has 1 aromatic heterocycles. The van der Waals surface area contributed by atoms with Crippen LogP contribution in [0.4, 0.5) is 11.7 Å². The highest BCUT2D eigenvalue weighted by Crippen LogP contribution is 2.24. The molecule has 3 rings (SSSR count). The molecule has 0 saturated carbocycles. The predicted molar refractivity (Wildman–Crippen MR) is 81.6 cm³/mol. The molecule has 0 fully saturated rings. The molecule has 0 atom stereocenters. The first-order valence-electron chi connectivity index (χ1n) is 6.57. The Bertz CT molecular complexity index is 903. The van der Waals surface area contributed by atoms with Crippen LogP contribution in [0.1, 0.15) is 10.4 Å². The Labute approximate surface area is 129 Å². The summed E-state index contributed by atoms with van der Waals surface area (Å²) in [5.41, 5.74) is 0.908. The van der Waals surface area contributed by atoms with E-state index in [4.69, 9.17) is 9.15 Å². The van der Waals surface area contributed by atoms with Gasteiger partial charge in [0.25, 0.3) is 11.6 Å². The molecule has 1 heterocycles. The van der Waals surface area contributed by atoms with Crippen LogP contribution < -0.4 is 10.1 Å². The molecule has 0 spiro atoms. The summed E-state index contributed by atoms with van der Waals surface area (Å²) in [6.45, 7) is 0. The standard InChI is InChI=1S/C15H11N3O5/c1-22-11-4-2-3-9(7-11)14(19)17-15-16-12-8-10(18(20)21)5-6-13(12)23-15/h2-8H,1H3,(H,16,17,19). The van der Waals surface area contributed by atoms with E-state index in [1.165, 1.54) is 25.3 Å². The molecule has 2 aromatic carbocycles. The monoisotopic (exact) mass is 313 g/mol. The van der Waals surface area contributed by atoms with E-state index >= 15 is 0 Å². The molecule has 1 amide bonds. The number of hydrogen-bond acceptors (Lipinski definition) is 6. The molecule has 0 bridgehead atoms. The molecule has 0 aliphatic rings. The summed E-state index contributed by atoms with van der Waals surface area (Å²) >= 11 is 0. The van der Waals surface area contributed by atoms with Crippen LogP contribution in [0.5, 0.6) is 5.75 Å². The van der Waals surface area contributed by atoms with E-state index in [0.29, 0.717) is 22.4 Å². The minimum Gasteiger partial charge on any atom is -0.497 e. The van der Waals surface area contributed by atoms with Gasteiger partial charge in [-0.2, -0.15) is 4.98 Å². The number of oxazole rings is 1. The third-order valence-corrected chi connectivity index (χ3v) is 3.13. The number of carbonyl (C=O) groups is 1. The Balaban J connectivity index is 1.85. The normalized spacial score (nSPS) is 10.5. The molecule has 0 saturated heterocycles. The van der Waals surface area contributed by atoms with E-state index in [1.807, 2.05) is 0 Å². The molecule has 0 unspecified atom stereocenters. The lowest BCUT2D eigenvalue weighted by atomic mass is 10.2. The number of amides is 1. The SMILES string of the molecule is COc1cccc(C(=O)Nc2nc3cc([N+](=O)[O-])ccc3o2)c1. The van der Waals surface area contributed by atoms with Gasteiger partial charge < -0.3 is 9.15 Å². The second kappa shape index (κ2) is 5.76. The number of aromatic nitrogens is 1. The van der Waals surface area contributed by atoms with Crippen molar-refractivity contribution < 1.29 is 18.9 Å². The molecule has 23 heavy (non-hydrogen) atoms. The number of benzene rings is 2. The Morgan fingerprint density at radius 2 is 2.13 bits per heavy atom. The number of nitrogens with zero attached hydrogens (tertiary/aromatic N) is 2. The van der Waals surface area contributed by atoms with Gasteiger partial charge in [-0.15, -0.1) is 0 Å². The number of hydrogen-bond donors (Lipinski definition) is 1. The molecule has 0 radical (unpaired) electrons. The van der Waals surface area contributed by atoms with Gasteiger partial charge in [-0.1, -0.05) is 6.07 Å². The Hall–Kier alpha value is -3.42. The van der Waals surface area contributed by atoms with Crippen LogP contribution in [0.3, 0.4) is 0 Å². The Morgan fingerprint density at radius 1 is 1.30 bits per heavy atom. The number of nitro groups is 1. The fourth-order valence-electron chi connectivity index (χ4n) is 2.02. The van der Waals surface area contributed by atoms with Crippen molar-refractivity contribution in [3.63, 3.8) is 0 Å². The van der Waals surface area contributed by atoms with Crippen molar-refractivity contribution in [1.82, 2.24) is 4.98 Å². The van der Waals surface area contributed by atoms with Crippen LogP contribution in [0.15, 0.2) is 46.9 Å². The average Bonchev–Trinajstić information content (AvgIpc) is 2.96. The zero-order chi connectivity index (χ0) is 16.4. The first-order valence-corrected chi connectivity index (χ1v) is 6.57. The number of non-ortho nitro benzene ring substituents is 1. The van der Waals surface area contributed by atoms with Crippen LogP contribution in [0, 0.1) is 10.1 Å². The van der Waals surface area contributed by atoms with Gasteiger partial charge in [-0.05, 0) is 24.3 Å². The first kappa shape index (κ1) is 14.5. The van der Waals surface area contributed by atoms with Crippen LogP contribution in [0.25, 0.3) is 11.1 Å². The van der Waals surface area contributed by atoms with E-state index in [9.17, 15) is 14.9 Å². The number of anilines is 1. The van der Waals surface area contributed by atoms with E-state index in [1.54, 1.807) is 24.3 Å². The smallest absolute Gasteiger partial charge is 0.302 e. The third kappa shape index (κ3) is 2.95. The molecule has 1 N–H and O–H groups in total. The molecule has 3 aromatic rings. The summed E-state index contributed by atoms with van der Waals surface area (Å²) in [7, 11) is 1.50. The number of rotatable bonds is 4. The topological polar surface area (TPSA) is 108 Å². The highest BCUT2D eigenvalue weighted by molar-refractivity contribution is 6.03. The Kier molecular flexibility index (Phi) is 3.63. The number of fused-ring (bicyclic) bond motifs is 1. The van der Waals surface area contributed by atoms with Gasteiger partial charge in [0.05, 0.1) is 12.0 Å². The lowest BCUT2D eigenvalue weighted by Crippen LogP contribution is -2.12.